The molecular weight excluding hydrogens is 266 g/mol. The van der Waals surface area contributed by atoms with Gasteiger partial charge >= 0.3 is 0 Å². The Morgan fingerprint density at radius 3 is 3.05 bits per heavy atom. The van der Waals surface area contributed by atoms with E-state index < -0.39 is 0 Å². The highest BCUT2D eigenvalue weighted by Gasteiger charge is 2.27. The molecule has 0 unspecified atom stereocenters. The van der Waals surface area contributed by atoms with Crippen LogP contribution in [0.4, 0.5) is 0 Å². The molecule has 5 nitrogen and oxygen atoms in total. The predicted molar refractivity (Wildman–Crippen MR) is 82.5 cm³/mol. The van der Waals surface area contributed by atoms with Gasteiger partial charge in [0.05, 0.1) is 12.5 Å². The summed E-state index contributed by atoms with van der Waals surface area (Å²) in [4.78, 5) is 13.8. The minimum atomic E-state index is -0.0634. The van der Waals surface area contributed by atoms with Gasteiger partial charge in [-0.2, -0.15) is 0 Å². The van der Waals surface area contributed by atoms with Gasteiger partial charge in [-0.15, -0.1) is 0 Å². The minimum Gasteiger partial charge on any atom is -0.493 e. The van der Waals surface area contributed by atoms with Crippen molar-refractivity contribution < 1.29 is 9.53 Å². The highest BCUT2D eigenvalue weighted by molar-refractivity contribution is 5.78. The van der Waals surface area contributed by atoms with Crippen LogP contribution in [0.5, 0.6) is 5.75 Å². The molecule has 3 N–H and O–H groups in total. The van der Waals surface area contributed by atoms with Gasteiger partial charge in [-0.25, -0.2) is 5.84 Å². The lowest BCUT2D eigenvalue weighted by Gasteiger charge is -2.16. The molecule has 0 spiro atoms. The van der Waals surface area contributed by atoms with E-state index >= 15 is 0 Å². The highest BCUT2D eigenvalue weighted by Crippen LogP contribution is 2.21. The largest absolute Gasteiger partial charge is 0.493 e. The molecule has 0 aromatic heterocycles. The molecule has 116 valence electrons. The van der Waals surface area contributed by atoms with Gasteiger partial charge in [-0.05, 0) is 36.6 Å². The maximum absolute atomic E-state index is 11.5. The van der Waals surface area contributed by atoms with Crippen molar-refractivity contribution in [2.75, 3.05) is 19.7 Å². The fourth-order valence-electron chi connectivity index (χ4n) is 2.56. The average Bonchev–Trinajstić information content (AvgIpc) is 2.93. The number of amides is 1. The van der Waals surface area contributed by atoms with E-state index in [1.165, 1.54) is 5.56 Å². The van der Waals surface area contributed by atoms with Crippen LogP contribution < -0.4 is 16.0 Å². The summed E-state index contributed by atoms with van der Waals surface area (Å²) < 4.78 is 5.75. The molecule has 0 saturated carbocycles. The topological polar surface area (TPSA) is 67.6 Å². The first-order chi connectivity index (χ1) is 10.1. The van der Waals surface area contributed by atoms with Crippen molar-refractivity contribution in [2.24, 2.45) is 17.7 Å². The Kier molecular flexibility index (Phi) is 5.59. The number of nitrogens with one attached hydrogen (secondary N) is 1. The average molecular weight is 291 g/mol. The third-order valence-corrected chi connectivity index (χ3v) is 3.67. The third kappa shape index (κ3) is 4.72. The second-order valence-corrected chi connectivity index (χ2v) is 6.08. The molecule has 0 radical (unpaired) electrons. The summed E-state index contributed by atoms with van der Waals surface area (Å²) in [6.07, 6.45) is 0.868. The summed E-state index contributed by atoms with van der Waals surface area (Å²) >= 11 is 0. The Morgan fingerprint density at radius 1 is 1.52 bits per heavy atom. The molecule has 1 saturated heterocycles. The zero-order valence-electron chi connectivity index (χ0n) is 12.8. The number of hydrazine groups is 1. The number of hydrogen-bond donors (Lipinski definition) is 2. The van der Waals surface area contributed by atoms with Crippen LogP contribution in [0.15, 0.2) is 24.3 Å². The molecule has 1 fully saturated rings. The second-order valence-electron chi connectivity index (χ2n) is 6.08. The van der Waals surface area contributed by atoms with E-state index in [1.807, 2.05) is 12.1 Å². The molecule has 1 atom stereocenters. The van der Waals surface area contributed by atoms with Gasteiger partial charge in [0.2, 0.25) is 5.91 Å². The molecular formula is C16H25N3O2. The fraction of sp³-hybridized carbons (Fsp3) is 0.562. The Morgan fingerprint density at radius 2 is 2.33 bits per heavy atom. The fourth-order valence-corrected chi connectivity index (χ4v) is 2.56. The predicted octanol–water partition coefficient (Wildman–Crippen LogP) is 1.53. The number of benzene rings is 1. The maximum Gasteiger partial charge on any atom is 0.238 e. The van der Waals surface area contributed by atoms with Crippen LogP contribution >= 0.6 is 0 Å². The number of hydrogen-bond acceptors (Lipinski definition) is 4. The van der Waals surface area contributed by atoms with Crippen LogP contribution in [0.3, 0.4) is 0 Å². The molecule has 1 aliphatic heterocycles. The third-order valence-electron chi connectivity index (χ3n) is 3.67. The summed E-state index contributed by atoms with van der Waals surface area (Å²) in [5.74, 6) is 6.57. The lowest BCUT2D eigenvalue weighted by atomic mass is 10.1. The number of nitrogens with zero attached hydrogens (tertiary/aromatic N) is 1. The van der Waals surface area contributed by atoms with Crippen LogP contribution in [-0.4, -0.2) is 30.5 Å². The van der Waals surface area contributed by atoms with Crippen molar-refractivity contribution in [3.05, 3.63) is 29.8 Å². The Bertz CT molecular complexity index is 476. The molecule has 1 aromatic rings. The van der Waals surface area contributed by atoms with E-state index in [2.05, 4.69) is 36.3 Å². The molecule has 0 bridgehead atoms. The summed E-state index contributed by atoms with van der Waals surface area (Å²) in [5.41, 5.74) is 3.46. The van der Waals surface area contributed by atoms with Crippen LogP contribution in [0.2, 0.25) is 0 Å². The number of carbonyl (C=O) groups excluding carboxylic acids is 1. The Labute approximate surface area is 126 Å². The summed E-state index contributed by atoms with van der Waals surface area (Å²) in [5, 5.41) is 0. The van der Waals surface area contributed by atoms with E-state index in [0.29, 0.717) is 5.92 Å². The van der Waals surface area contributed by atoms with Crippen LogP contribution in [0.1, 0.15) is 25.8 Å². The molecule has 1 aliphatic rings. The quantitative estimate of drug-likeness (QED) is 0.474. The van der Waals surface area contributed by atoms with Crippen LogP contribution in [0.25, 0.3) is 0 Å². The van der Waals surface area contributed by atoms with Crippen molar-refractivity contribution in [3.8, 4) is 5.75 Å². The van der Waals surface area contributed by atoms with E-state index in [1.54, 1.807) is 0 Å². The minimum absolute atomic E-state index is 0.00961. The van der Waals surface area contributed by atoms with Crippen molar-refractivity contribution >= 4 is 5.91 Å². The van der Waals surface area contributed by atoms with Crippen LogP contribution in [-0.2, 0) is 11.3 Å². The summed E-state index contributed by atoms with van der Waals surface area (Å²) in [6.45, 7) is 7.53. The number of likely N-dealkylation sites (tertiary alicyclic amines) is 1. The molecule has 2 rings (SSSR count). The van der Waals surface area contributed by atoms with Gasteiger partial charge in [0.1, 0.15) is 5.75 Å². The molecule has 1 heterocycles. The first kappa shape index (κ1) is 15.8. The lowest BCUT2D eigenvalue weighted by molar-refractivity contribution is -0.124. The van der Waals surface area contributed by atoms with Gasteiger partial charge in [0, 0.05) is 13.1 Å². The standard InChI is InChI=1S/C16H25N3O2/c1-12(2)11-21-15-5-3-4-13(8-15)9-19-7-6-14(10-19)16(20)18-17/h3-5,8,12,14H,6-7,9-11,17H2,1-2H3,(H,18,20)/t14-/m0/s1. The first-order valence-electron chi connectivity index (χ1n) is 7.53. The number of ether oxygens (including phenoxy) is 1. The molecule has 1 aromatic carbocycles. The molecule has 5 heteroatoms. The summed E-state index contributed by atoms with van der Waals surface area (Å²) in [7, 11) is 0. The Hall–Kier alpha value is -1.59. The molecule has 0 aliphatic carbocycles. The van der Waals surface area contributed by atoms with Crippen molar-refractivity contribution in [1.29, 1.82) is 0 Å². The van der Waals surface area contributed by atoms with Gasteiger partial charge in [0.15, 0.2) is 0 Å². The van der Waals surface area contributed by atoms with E-state index in [0.717, 1.165) is 38.4 Å². The van der Waals surface area contributed by atoms with Gasteiger partial charge < -0.3 is 4.74 Å². The highest BCUT2D eigenvalue weighted by atomic mass is 16.5. The van der Waals surface area contributed by atoms with Crippen LogP contribution in [0, 0.1) is 11.8 Å². The first-order valence-corrected chi connectivity index (χ1v) is 7.53. The van der Waals surface area contributed by atoms with E-state index in [9.17, 15) is 4.79 Å². The summed E-state index contributed by atoms with van der Waals surface area (Å²) in [6, 6.07) is 8.18. The monoisotopic (exact) mass is 291 g/mol. The number of carbonyl (C=O) groups is 1. The van der Waals surface area contributed by atoms with E-state index in [-0.39, 0.29) is 11.8 Å². The molecule has 1 amide bonds. The number of rotatable bonds is 6. The smallest absolute Gasteiger partial charge is 0.238 e. The Balaban J connectivity index is 1.88. The second kappa shape index (κ2) is 7.43. The van der Waals surface area contributed by atoms with E-state index in [4.69, 9.17) is 10.6 Å². The maximum atomic E-state index is 11.5. The van der Waals surface area contributed by atoms with Gasteiger partial charge in [0.25, 0.3) is 0 Å². The SMILES string of the molecule is CC(C)COc1cccc(CN2CC[C@H](C(=O)NN)C2)c1. The zero-order valence-corrected chi connectivity index (χ0v) is 12.8. The lowest BCUT2D eigenvalue weighted by Crippen LogP contribution is -2.37. The van der Waals surface area contributed by atoms with Crippen molar-refractivity contribution in [1.82, 2.24) is 10.3 Å². The van der Waals surface area contributed by atoms with Crippen molar-refractivity contribution in [3.63, 3.8) is 0 Å². The number of nitrogens with two attached hydrogens (primary N) is 1. The normalized spacial score (nSPS) is 19.0. The van der Waals surface area contributed by atoms with Gasteiger partial charge in [-0.1, -0.05) is 26.0 Å². The zero-order chi connectivity index (χ0) is 15.2. The van der Waals surface area contributed by atoms with Gasteiger partial charge in [-0.3, -0.25) is 15.1 Å². The van der Waals surface area contributed by atoms with Crippen molar-refractivity contribution in [2.45, 2.75) is 26.8 Å². The molecule has 21 heavy (non-hydrogen) atoms.